The molecular formula is C96H97FN28O7. The Balaban J connectivity index is 0.000000129. The predicted molar refractivity (Wildman–Crippen MR) is 503 cm³/mol. The maximum absolute atomic E-state index is 14.0. The molecule has 5 fully saturated rings. The second-order valence-electron chi connectivity index (χ2n) is 32.0. The van der Waals surface area contributed by atoms with E-state index < -0.39 is 12.1 Å². The minimum absolute atomic E-state index is 0.000572. The number of aryl methyl sites for hydroxylation is 1. The van der Waals surface area contributed by atoms with E-state index in [0.29, 0.717) is 137 Å². The van der Waals surface area contributed by atoms with Crippen LogP contribution in [0.5, 0.6) is 0 Å². The van der Waals surface area contributed by atoms with E-state index in [1.165, 1.54) is 11.1 Å². The van der Waals surface area contributed by atoms with Crippen molar-refractivity contribution in [3.63, 3.8) is 0 Å². The number of methoxy groups -OCH3 is 1. The number of fused-ring (bicyclic) bond motifs is 4. The normalized spacial score (nSPS) is 16.9. The molecule has 0 saturated carbocycles. The molecule has 14 aromatic rings. The average Bonchev–Trinajstić information content (AvgIpc) is 1.62. The number of hydrogen-bond acceptors (Lipinski definition) is 27. The molecule has 5 aliphatic heterocycles. The number of hydrogen-bond donors (Lipinski definition) is 11. The summed E-state index contributed by atoms with van der Waals surface area (Å²) in [5.74, 6) is 2.28. The van der Waals surface area contributed by atoms with Crippen molar-refractivity contribution in [3.8, 4) is 0 Å². The van der Waals surface area contributed by atoms with E-state index >= 15 is 0 Å². The first kappa shape index (κ1) is 88.9. The van der Waals surface area contributed by atoms with Crippen LogP contribution in [-0.2, 0) is 39.9 Å². The van der Waals surface area contributed by atoms with Gasteiger partial charge in [-0.1, -0.05) is 183 Å². The zero-order valence-corrected chi connectivity index (χ0v) is 73.3. The average molecular weight is 1770 g/mol. The maximum atomic E-state index is 14.0. The lowest BCUT2D eigenvalue weighted by Gasteiger charge is -2.20. The third-order valence-corrected chi connectivity index (χ3v) is 22.1. The largest absolute Gasteiger partial charge is 0.383 e. The Morgan fingerprint density at radius 3 is 1.18 bits per heavy atom. The minimum atomic E-state index is -0.893. The number of anilines is 9. The summed E-state index contributed by atoms with van der Waals surface area (Å²) in [6.07, 6.45) is 14.7. The van der Waals surface area contributed by atoms with E-state index in [0.717, 1.165) is 56.6 Å². The van der Waals surface area contributed by atoms with Crippen LogP contribution in [0.2, 0.25) is 0 Å². The summed E-state index contributed by atoms with van der Waals surface area (Å²) < 4.78 is 25.5. The summed E-state index contributed by atoms with van der Waals surface area (Å²) in [4.78, 5) is 110. The molecule has 36 heteroatoms. The minimum Gasteiger partial charge on any atom is -0.383 e. The Hall–Kier alpha value is -16.5. The smallest absolute Gasteiger partial charge is 0.254 e. The van der Waals surface area contributed by atoms with Crippen LogP contribution in [0.15, 0.2) is 248 Å². The first-order valence-electron chi connectivity index (χ1n) is 43.1. The molecule has 132 heavy (non-hydrogen) atoms. The third kappa shape index (κ3) is 21.7. The van der Waals surface area contributed by atoms with Crippen molar-refractivity contribution in [1.29, 1.82) is 0 Å². The number of nitrogens with zero attached hydrogens (tertiary/aromatic N) is 17. The summed E-state index contributed by atoms with van der Waals surface area (Å²) in [7, 11) is 1.62. The number of rotatable bonds is 27. The van der Waals surface area contributed by atoms with Gasteiger partial charge < -0.3 is 57.5 Å². The fourth-order valence-corrected chi connectivity index (χ4v) is 15.2. The van der Waals surface area contributed by atoms with Crippen LogP contribution in [0.25, 0.3) is 46.9 Å². The number of carbonyl (C=O) groups is 6. The van der Waals surface area contributed by atoms with E-state index in [9.17, 15) is 33.2 Å². The third-order valence-electron chi connectivity index (χ3n) is 22.1. The van der Waals surface area contributed by atoms with Gasteiger partial charge in [0.2, 0.25) is 71.2 Å². The maximum Gasteiger partial charge on any atom is 0.254 e. The van der Waals surface area contributed by atoms with Crippen LogP contribution in [0.3, 0.4) is 0 Å². The van der Waals surface area contributed by atoms with Crippen molar-refractivity contribution in [3.05, 3.63) is 303 Å². The van der Waals surface area contributed by atoms with Gasteiger partial charge in [0, 0.05) is 77.2 Å². The lowest BCUT2D eigenvalue weighted by molar-refractivity contribution is -0.125. The zero-order chi connectivity index (χ0) is 91.9. The highest BCUT2D eigenvalue weighted by molar-refractivity contribution is 6.16. The number of allylic oxidation sites excluding steroid dienone is 2. The van der Waals surface area contributed by atoms with E-state index in [1.54, 1.807) is 62.1 Å². The van der Waals surface area contributed by atoms with E-state index in [1.807, 2.05) is 177 Å². The number of halogens is 1. The van der Waals surface area contributed by atoms with Crippen molar-refractivity contribution >= 4 is 136 Å². The molecule has 6 aromatic carbocycles. The zero-order valence-electron chi connectivity index (χ0n) is 73.3. The highest BCUT2D eigenvalue weighted by atomic mass is 19.1. The van der Waals surface area contributed by atoms with E-state index in [4.69, 9.17) is 29.7 Å². The topological polar surface area (TPSA) is 420 Å². The number of ether oxygens (including phenoxy) is 1. The van der Waals surface area contributed by atoms with Crippen LogP contribution in [0.1, 0.15) is 140 Å². The Kier molecular flexibility index (Phi) is 27.4. The monoisotopic (exact) mass is 1770 g/mol. The second-order valence-corrected chi connectivity index (χ2v) is 32.0. The number of para-hydroxylation sites is 1. The molecule has 0 bridgehead atoms. The van der Waals surface area contributed by atoms with Crippen LogP contribution in [0.4, 0.5) is 57.7 Å². The van der Waals surface area contributed by atoms with Gasteiger partial charge >= 0.3 is 0 Å². The Bertz CT molecular complexity index is 6800. The van der Waals surface area contributed by atoms with Crippen LogP contribution in [0, 0.1) is 6.92 Å². The number of aromatic nitrogens is 16. The molecule has 5 atom stereocenters. The quantitative estimate of drug-likeness (QED) is 0.0129. The molecule has 0 radical (unpaired) electrons. The number of nitrogens with one attached hydrogen (secondary N) is 11. The summed E-state index contributed by atoms with van der Waals surface area (Å²) in [6, 6.07) is 58.2. The molecule has 5 aliphatic rings. The van der Waals surface area contributed by atoms with Crippen LogP contribution >= 0.6 is 0 Å². The Morgan fingerprint density at radius 1 is 0.439 bits per heavy atom. The first-order chi connectivity index (χ1) is 64.0. The predicted octanol–water partition coefficient (Wildman–Crippen LogP) is 13.2. The molecule has 0 unspecified atom stereocenters. The molecule has 19 rings (SSSR count). The molecule has 6 amide bonds. The molecule has 670 valence electrons. The molecule has 0 aliphatic carbocycles. The lowest BCUT2D eigenvalue weighted by atomic mass is 10.1. The molecule has 8 aromatic heterocycles. The van der Waals surface area contributed by atoms with Gasteiger partial charge in [-0.25, -0.2) is 4.39 Å². The number of carbonyl (C=O) groups excluding carboxylic acids is 6. The number of imide groups is 2. The van der Waals surface area contributed by atoms with E-state index in [2.05, 4.69) is 157 Å². The highest BCUT2D eigenvalue weighted by Crippen LogP contribution is 2.33. The molecule has 0 spiro atoms. The van der Waals surface area contributed by atoms with Gasteiger partial charge in [0.05, 0.1) is 87.8 Å². The van der Waals surface area contributed by atoms with Crippen LogP contribution in [-0.4, -0.2) is 160 Å². The standard InChI is InChI=1S/C27H27N7O2.C25H23N7O.C23H24FN7O.C21H23N7O3/c1-17-7-6-8-19(13-17)11-12-28-27-33-26(30-18(2)20-9-4-3-5-10-20)32-24-22(16-29-34(24)27)14-21-15-23(35)31-25(21)36;1-16(18-9-5-3-6-10-18)28-24-30-23-20(13-19-14-22(33)27-17(19)2)15-26-32(23)25(31-24)29-21-11-7-4-8-12-21;1-14(16-6-4-3-5-7-16)27-22-28-21-18(10-17-11-20(32)26-15(17)2)12-25-31(21)23(29-22)30-9-8-19(24)13-30;1-13(14-6-4-3-5-7-14)24-20-26-18-16(10-15-11-17(29)25-19(15)30)12-23-28(18)21(27-20)22-8-9-31-2/h3-10,13-14,16,18H,11-12,15H2,1-2H3,(H,31,35,36)(H2,28,30,32,33);3-13,15-16H,2,14H2,1H3,(H,27,33)(H2,28,29,30,31);3-7,10,12,14,19H,2,8-9,11,13H2,1H3,(H,26,32)(H,27,28);3-7,10,12-13H,8-9,11H2,1-2H3,(H,25,29,30)(H2,22,24,26,27)/b21-14+;19-13+;17-10+;15-10+/t18-;16-;14-,19+;13-/m0000/s1. The van der Waals surface area contributed by atoms with Gasteiger partial charge in [0.15, 0.2) is 22.6 Å². The Morgan fingerprint density at radius 2 is 0.803 bits per heavy atom. The molecule has 35 nitrogen and oxygen atoms in total. The van der Waals surface area contributed by atoms with Gasteiger partial charge in [-0.3, -0.25) is 39.4 Å². The van der Waals surface area contributed by atoms with Gasteiger partial charge in [0.1, 0.15) is 6.17 Å². The number of alkyl halides is 1. The molecule has 13 heterocycles. The van der Waals surface area contributed by atoms with Gasteiger partial charge in [-0.15, -0.1) is 0 Å². The fourth-order valence-electron chi connectivity index (χ4n) is 15.2. The molecule has 5 saturated heterocycles. The first-order valence-corrected chi connectivity index (χ1v) is 43.1. The highest BCUT2D eigenvalue weighted by Gasteiger charge is 2.31. The number of amides is 6. The summed E-state index contributed by atoms with van der Waals surface area (Å²) in [5.41, 5.74) is 16.3. The van der Waals surface area contributed by atoms with Crippen molar-refractivity contribution in [1.82, 2.24) is 99.6 Å². The van der Waals surface area contributed by atoms with Crippen LogP contribution < -0.4 is 63.4 Å². The summed E-state index contributed by atoms with van der Waals surface area (Å²) >= 11 is 0. The fraction of sp³-hybridized carbons (Fsp3) is 0.229. The lowest BCUT2D eigenvalue weighted by Crippen LogP contribution is -2.25. The molecular weight excluding hydrogens is 1680 g/mol. The summed E-state index contributed by atoms with van der Waals surface area (Å²) in [5, 5.41) is 51.2. The van der Waals surface area contributed by atoms with Crippen molar-refractivity contribution < 1.29 is 37.9 Å². The molecule has 11 N–H and O–H groups in total. The van der Waals surface area contributed by atoms with Crippen molar-refractivity contribution in [2.75, 3.05) is 82.0 Å². The summed E-state index contributed by atoms with van der Waals surface area (Å²) in [6.45, 7) is 20.6. The van der Waals surface area contributed by atoms with Gasteiger partial charge in [-0.05, 0) is 123 Å². The van der Waals surface area contributed by atoms with Crippen molar-refractivity contribution in [2.24, 2.45) is 0 Å². The SMILES string of the molecule is C=C1NC(=O)C/C1=C\c1cnn2c(N3CC[C@@H](F)C3)nc(N[C@@H](C)c3ccccc3)nc12.C=C1NC(=O)C/C1=C\c1cnn2c(Nc3ccccc3)nc(N[C@@H](C)c3ccccc3)nc12.COCCNc1nc(N[C@@H](C)c2ccccc2)nc2c(/C=C3\CC(=O)NC3=O)cnn12.Cc1cccc(CCNc2nc(N[C@@H](C)c3ccccc3)nc3c(/C=C4\CC(=O)NC4=O)cnn23)c1. The van der Waals surface area contributed by atoms with Gasteiger partial charge in [-0.2, -0.15) is 78.3 Å². The second kappa shape index (κ2) is 40.6. The van der Waals surface area contributed by atoms with E-state index in [-0.39, 0.29) is 85.9 Å². The van der Waals surface area contributed by atoms with Crippen molar-refractivity contribution in [2.45, 2.75) is 103 Å². The van der Waals surface area contributed by atoms with Gasteiger partial charge in [0.25, 0.3) is 11.8 Å². The Labute approximate surface area is 757 Å². The number of benzene rings is 6.